The number of nitrogens with zero attached hydrogens (tertiary/aromatic N) is 2. The van der Waals surface area contributed by atoms with Gasteiger partial charge in [0.2, 0.25) is 0 Å². The smallest absolute Gasteiger partial charge is 0.269 e. The van der Waals surface area contributed by atoms with Gasteiger partial charge in [-0.25, -0.2) is 0 Å². The lowest BCUT2D eigenvalue weighted by molar-refractivity contribution is -0.384. The Balaban J connectivity index is 0.000000181. The van der Waals surface area contributed by atoms with Crippen molar-refractivity contribution in [3.8, 4) is 0 Å². The van der Waals surface area contributed by atoms with E-state index in [9.17, 15) is 10.1 Å². The number of rotatable bonds is 1. The molecule has 1 aromatic rings. The molecular formula is C11H15ClN2O2. The lowest BCUT2D eigenvalue weighted by Crippen LogP contribution is -2.10. The maximum atomic E-state index is 10.1. The molecule has 1 aromatic carbocycles. The number of nitro groups is 1. The Morgan fingerprint density at radius 1 is 1.25 bits per heavy atom. The third-order valence-corrected chi connectivity index (χ3v) is 2.62. The zero-order valence-corrected chi connectivity index (χ0v) is 9.98. The fourth-order valence-corrected chi connectivity index (χ4v) is 1.56. The highest BCUT2D eigenvalue weighted by Crippen LogP contribution is 2.14. The van der Waals surface area contributed by atoms with E-state index in [1.807, 2.05) is 0 Å². The average Bonchev–Trinajstić information content (AvgIpc) is 2.71. The zero-order chi connectivity index (χ0) is 12.0. The van der Waals surface area contributed by atoms with E-state index in [-0.39, 0.29) is 5.69 Å². The van der Waals surface area contributed by atoms with Crippen LogP contribution < -0.4 is 0 Å². The highest BCUT2D eigenvalue weighted by atomic mass is 35.5. The second-order valence-electron chi connectivity index (χ2n) is 3.74. The van der Waals surface area contributed by atoms with Gasteiger partial charge < -0.3 is 4.90 Å². The molecule has 5 heteroatoms. The molecule has 4 nitrogen and oxygen atoms in total. The Kier molecular flexibility index (Phi) is 5.22. The standard InChI is InChI=1S/C6H4ClNO2.C5H11N/c7-5-1-3-6(4-2-5)8(9)10;1-6-4-2-3-5-6/h1-4H;2-5H2,1H3. The van der Waals surface area contributed by atoms with Crippen LogP contribution in [0.1, 0.15) is 12.8 Å². The van der Waals surface area contributed by atoms with Crippen molar-refractivity contribution in [2.24, 2.45) is 0 Å². The minimum Gasteiger partial charge on any atom is -0.306 e. The van der Waals surface area contributed by atoms with Crippen LogP contribution in [0.25, 0.3) is 0 Å². The zero-order valence-electron chi connectivity index (χ0n) is 9.23. The minimum atomic E-state index is -0.462. The van der Waals surface area contributed by atoms with Gasteiger partial charge in [0.25, 0.3) is 5.69 Å². The molecule has 0 radical (unpaired) electrons. The second-order valence-corrected chi connectivity index (χ2v) is 4.18. The van der Waals surface area contributed by atoms with Crippen LogP contribution in [-0.4, -0.2) is 30.0 Å². The van der Waals surface area contributed by atoms with E-state index in [2.05, 4.69) is 11.9 Å². The average molecular weight is 243 g/mol. The molecule has 0 unspecified atom stereocenters. The summed E-state index contributed by atoms with van der Waals surface area (Å²) in [5.74, 6) is 0. The molecular weight excluding hydrogens is 228 g/mol. The quantitative estimate of drug-likeness (QED) is 0.562. The van der Waals surface area contributed by atoms with Gasteiger partial charge in [-0.3, -0.25) is 10.1 Å². The number of benzene rings is 1. The molecule has 1 aliphatic heterocycles. The second kappa shape index (κ2) is 6.45. The Hall–Kier alpha value is -1.13. The molecule has 2 rings (SSSR count). The highest BCUT2D eigenvalue weighted by Gasteiger charge is 2.03. The molecule has 0 aliphatic carbocycles. The van der Waals surface area contributed by atoms with Crippen LogP contribution >= 0.6 is 11.6 Å². The maximum Gasteiger partial charge on any atom is 0.269 e. The summed E-state index contributed by atoms with van der Waals surface area (Å²) in [6, 6.07) is 5.70. The van der Waals surface area contributed by atoms with Gasteiger partial charge >= 0.3 is 0 Å². The van der Waals surface area contributed by atoms with Crippen LogP contribution in [0.15, 0.2) is 24.3 Å². The molecule has 0 saturated carbocycles. The largest absolute Gasteiger partial charge is 0.306 e. The number of hydrogen-bond donors (Lipinski definition) is 0. The number of nitro benzene ring substituents is 1. The number of non-ortho nitro benzene ring substituents is 1. The molecule has 88 valence electrons. The fraction of sp³-hybridized carbons (Fsp3) is 0.455. The van der Waals surface area contributed by atoms with E-state index >= 15 is 0 Å². The van der Waals surface area contributed by atoms with Gasteiger partial charge in [0.15, 0.2) is 0 Å². The summed E-state index contributed by atoms with van der Waals surface area (Å²) >= 11 is 5.49. The molecule has 0 amide bonds. The van der Waals surface area contributed by atoms with Gasteiger partial charge in [-0.05, 0) is 45.1 Å². The maximum absolute atomic E-state index is 10.1. The normalized spacial score (nSPS) is 15.4. The first-order valence-electron chi connectivity index (χ1n) is 5.18. The van der Waals surface area contributed by atoms with E-state index in [1.54, 1.807) is 0 Å². The van der Waals surface area contributed by atoms with Gasteiger partial charge in [-0.2, -0.15) is 0 Å². The first kappa shape index (κ1) is 12.9. The molecule has 0 bridgehead atoms. The summed E-state index contributed by atoms with van der Waals surface area (Å²) < 4.78 is 0. The van der Waals surface area contributed by atoms with Crippen molar-refractivity contribution in [2.45, 2.75) is 12.8 Å². The van der Waals surface area contributed by atoms with Crippen LogP contribution in [0.4, 0.5) is 5.69 Å². The Morgan fingerprint density at radius 2 is 1.75 bits per heavy atom. The molecule has 1 fully saturated rings. The number of hydrogen-bond acceptors (Lipinski definition) is 3. The van der Waals surface area contributed by atoms with Crippen molar-refractivity contribution in [1.29, 1.82) is 0 Å². The summed E-state index contributed by atoms with van der Waals surface area (Å²) in [5, 5.41) is 10.6. The van der Waals surface area contributed by atoms with E-state index in [0.29, 0.717) is 5.02 Å². The summed E-state index contributed by atoms with van der Waals surface area (Å²) in [5.41, 5.74) is 0.0596. The lowest BCUT2D eigenvalue weighted by atomic mass is 10.3. The third-order valence-electron chi connectivity index (χ3n) is 2.37. The van der Waals surface area contributed by atoms with Crippen molar-refractivity contribution in [3.05, 3.63) is 39.4 Å². The van der Waals surface area contributed by atoms with E-state index in [1.165, 1.54) is 50.2 Å². The van der Waals surface area contributed by atoms with Crippen molar-refractivity contribution >= 4 is 17.3 Å². The van der Waals surface area contributed by atoms with Crippen molar-refractivity contribution in [3.63, 3.8) is 0 Å². The highest BCUT2D eigenvalue weighted by molar-refractivity contribution is 6.30. The SMILES string of the molecule is CN1CCCC1.O=[N+]([O-])c1ccc(Cl)cc1. The van der Waals surface area contributed by atoms with Gasteiger partial charge in [0.1, 0.15) is 0 Å². The molecule has 1 heterocycles. The third kappa shape index (κ3) is 4.59. The number of halogens is 1. The van der Waals surface area contributed by atoms with E-state index in [4.69, 9.17) is 11.6 Å². The molecule has 0 spiro atoms. The van der Waals surface area contributed by atoms with Gasteiger partial charge in [0.05, 0.1) is 4.92 Å². The van der Waals surface area contributed by atoms with Crippen LogP contribution in [0, 0.1) is 10.1 Å². The molecule has 1 aliphatic rings. The Bertz CT molecular complexity index is 334. The van der Waals surface area contributed by atoms with Gasteiger partial charge in [0, 0.05) is 17.2 Å². The molecule has 1 saturated heterocycles. The van der Waals surface area contributed by atoms with Gasteiger partial charge in [-0.1, -0.05) is 11.6 Å². The van der Waals surface area contributed by atoms with Crippen molar-refractivity contribution < 1.29 is 4.92 Å². The van der Waals surface area contributed by atoms with E-state index in [0.717, 1.165) is 0 Å². The summed E-state index contributed by atoms with van der Waals surface area (Å²) in [6.07, 6.45) is 2.83. The summed E-state index contributed by atoms with van der Waals surface area (Å²) in [4.78, 5) is 12.0. The Labute approximate surface area is 100.0 Å². The topological polar surface area (TPSA) is 46.4 Å². The van der Waals surface area contributed by atoms with Crippen LogP contribution in [0.5, 0.6) is 0 Å². The number of likely N-dealkylation sites (tertiary alicyclic amines) is 1. The molecule has 0 aromatic heterocycles. The van der Waals surface area contributed by atoms with Crippen molar-refractivity contribution in [1.82, 2.24) is 4.90 Å². The lowest BCUT2D eigenvalue weighted by Gasteiger charge is -2.01. The van der Waals surface area contributed by atoms with Crippen LogP contribution in [0.3, 0.4) is 0 Å². The predicted octanol–water partition coefficient (Wildman–Crippen LogP) is 2.96. The van der Waals surface area contributed by atoms with Crippen LogP contribution in [-0.2, 0) is 0 Å². The fourth-order valence-electron chi connectivity index (χ4n) is 1.44. The van der Waals surface area contributed by atoms with Gasteiger partial charge in [-0.15, -0.1) is 0 Å². The van der Waals surface area contributed by atoms with Crippen molar-refractivity contribution in [2.75, 3.05) is 20.1 Å². The summed E-state index contributed by atoms with van der Waals surface area (Å²) in [7, 11) is 2.17. The first-order valence-corrected chi connectivity index (χ1v) is 5.56. The first-order chi connectivity index (χ1) is 7.59. The predicted molar refractivity (Wildman–Crippen MR) is 64.8 cm³/mol. The summed E-state index contributed by atoms with van der Waals surface area (Å²) in [6.45, 7) is 2.64. The minimum absolute atomic E-state index is 0.0596. The molecule has 16 heavy (non-hydrogen) atoms. The van der Waals surface area contributed by atoms with Crippen LogP contribution in [0.2, 0.25) is 5.02 Å². The van der Waals surface area contributed by atoms with E-state index < -0.39 is 4.92 Å². The molecule has 0 atom stereocenters. The Morgan fingerprint density at radius 3 is 2.06 bits per heavy atom. The monoisotopic (exact) mass is 242 g/mol. The molecule has 0 N–H and O–H groups in total.